The standard InChI is InChI=1S/C23H22ClNO4/c1-14-16(13-21-23(27)22-19(26)6-5-7-20(22)29-21)17-12-15(28-2)8-9-18(17)25(14)11-4-3-10-24/h5-9,12-13,26H,3-4,10-11H2,1-2H3/b21-13-. The maximum Gasteiger partial charge on any atom is 0.235 e. The number of aryl methyl sites for hydroxylation is 1. The van der Waals surface area contributed by atoms with Gasteiger partial charge in [0.05, 0.1) is 7.11 Å². The van der Waals surface area contributed by atoms with E-state index in [0.717, 1.165) is 47.3 Å². The van der Waals surface area contributed by atoms with Gasteiger partial charge in [0.25, 0.3) is 0 Å². The van der Waals surface area contributed by atoms with Gasteiger partial charge in [0.15, 0.2) is 5.76 Å². The Labute approximate surface area is 174 Å². The summed E-state index contributed by atoms with van der Waals surface area (Å²) >= 11 is 5.85. The zero-order valence-electron chi connectivity index (χ0n) is 16.4. The summed E-state index contributed by atoms with van der Waals surface area (Å²) in [6.07, 6.45) is 3.66. The molecule has 0 amide bonds. The predicted molar refractivity (Wildman–Crippen MR) is 114 cm³/mol. The average Bonchev–Trinajstić information content (AvgIpc) is 3.18. The zero-order chi connectivity index (χ0) is 20.5. The number of aromatic nitrogens is 1. The number of carbonyl (C=O) groups is 1. The van der Waals surface area contributed by atoms with Crippen LogP contribution in [-0.2, 0) is 6.54 Å². The Morgan fingerprint density at radius 1 is 1.24 bits per heavy atom. The normalized spacial score (nSPS) is 14.4. The van der Waals surface area contributed by atoms with Crippen LogP contribution in [-0.4, -0.2) is 28.4 Å². The number of hydrogen-bond acceptors (Lipinski definition) is 4. The molecule has 0 aliphatic carbocycles. The Balaban J connectivity index is 1.83. The number of fused-ring (bicyclic) bond motifs is 2. The van der Waals surface area contributed by atoms with E-state index in [1.54, 1.807) is 25.3 Å². The Bertz CT molecular complexity index is 1130. The number of methoxy groups -OCH3 is 1. The number of ketones is 1. The fourth-order valence-corrected chi connectivity index (χ4v) is 3.98. The molecule has 0 unspecified atom stereocenters. The number of alkyl halides is 1. The third-order valence-corrected chi connectivity index (χ3v) is 5.56. The van der Waals surface area contributed by atoms with Gasteiger partial charge in [0.2, 0.25) is 5.78 Å². The first-order valence-corrected chi connectivity index (χ1v) is 10.1. The fraction of sp³-hybridized carbons (Fsp3) is 0.261. The summed E-state index contributed by atoms with van der Waals surface area (Å²) < 4.78 is 13.4. The molecule has 0 saturated heterocycles. The molecule has 0 atom stereocenters. The minimum atomic E-state index is -0.316. The topological polar surface area (TPSA) is 60.7 Å². The first-order valence-electron chi connectivity index (χ1n) is 9.54. The molecule has 1 aromatic heterocycles. The van der Waals surface area contributed by atoms with E-state index in [0.29, 0.717) is 11.6 Å². The molecule has 5 nitrogen and oxygen atoms in total. The third-order valence-electron chi connectivity index (χ3n) is 5.30. The van der Waals surface area contributed by atoms with Gasteiger partial charge in [-0.2, -0.15) is 0 Å². The predicted octanol–water partition coefficient (Wildman–Crippen LogP) is 5.30. The van der Waals surface area contributed by atoms with E-state index in [-0.39, 0.29) is 22.9 Å². The molecule has 1 aliphatic rings. The molecule has 0 bridgehead atoms. The van der Waals surface area contributed by atoms with E-state index in [1.807, 2.05) is 25.1 Å². The lowest BCUT2D eigenvalue weighted by atomic mass is 10.1. The number of nitrogens with zero attached hydrogens (tertiary/aromatic N) is 1. The number of phenols is 1. The molecule has 4 rings (SSSR count). The van der Waals surface area contributed by atoms with E-state index in [4.69, 9.17) is 21.1 Å². The van der Waals surface area contributed by atoms with Crippen LogP contribution in [0.15, 0.2) is 42.2 Å². The minimum absolute atomic E-state index is 0.0715. The summed E-state index contributed by atoms with van der Waals surface area (Å²) in [5.41, 5.74) is 3.21. The van der Waals surface area contributed by atoms with E-state index in [1.165, 1.54) is 6.07 Å². The van der Waals surface area contributed by atoms with Crippen molar-refractivity contribution in [3.63, 3.8) is 0 Å². The molecule has 6 heteroatoms. The van der Waals surface area contributed by atoms with E-state index < -0.39 is 0 Å². The quantitative estimate of drug-likeness (QED) is 0.339. The van der Waals surface area contributed by atoms with Crippen LogP contribution in [0.3, 0.4) is 0 Å². The number of rotatable bonds is 6. The number of allylic oxidation sites excluding steroid dienone is 1. The van der Waals surface area contributed by atoms with Gasteiger partial charge in [-0.25, -0.2) is 0 Å². The van der Waals surface area contributed by atoms with Gasteiger partial charge in [-0.3, -0.25) is 4.79 Å². The molecule has 150 valence electrons. The van der Waals surface area contributed by atoms with Gasteiger partial charge in [0.1, 0.15) is 22.8 Å². The summed E-state index contributed by atoms with van der Waals surface area (Å²) in [5, 5.41) is 11.0. The van der Waals surface area contributed by atoms with Crippen LogP contribution in [0.5, 0.6) is 17.2 Å². The average molecular weight is 412 g/mol. The highest BCUT2D eigenvalue weighted by Crippen LogP contribution is 2.39. The van der Waals surface area contributed by atoms with Crippen molar-refractivity contribution in [2.45, 2.75) is 26.3 Å². The van der Waals surface area contributed by atoms with Crippen molar-refractivity contribution in [2.24, 2.45) is 0 Å². The van der Waals surface area contributed by atoms with Crippen molar-refractivity contribution < 1.29 is 19.4 Å². The van der Waals surface area contributed by atoms with Crippen molar-refractivity contribution in [3.05, 3.63) is 59.0 Å². The number of benzene rings is 2. The summed E-state index contributed by atoms with van der Waals surface area (Å²) in [6, 6.07) is 10.8. The smallest absolute Gasteiger partial charge is 0.235 e. The van der Waals surface area contributed by atoms with Crippen molar-refractivity contribution >= 4 is 34.4 Å². The lowest BCUT2D eigenvalue weighted by Crippen LogP contribution is -2.02. The number of carbonyl (C=O) groups excluding carboxylic acids is 1. The third kappa shape index (κ3) is 3.36. The summed E-state index contributed by atoms with van der Waals surface area (Å²) in [6.45, 7) is 2.87. The second kappa shape index (κ2) is 7.84. The molecular weight excluding hydrogens is 390 g/mol. The van der Waals surface area contributed by atoms with Crippen LogP contribution in [0.2, 0.25) is 0 Å². The molecule has 2 heterocycles. The highest BCUT2D eigenvalue weighted by atomic mass is 35.5. The number of halogens is 1. The highest BCUT2D eigenvalue weighted by molar-refractivity contribution is 6.18. The number of aromatic hydroxyl groups is 1. The second-order valence-electron chi connectivity index (χ2n) is 7.02. The van der Waals surface area contributed by atoms with E-state index >= 15 is 0 Å². The second-order valence-corrected chi connectivity index (χ2v) is 7.40. The number of unbranched alkanes of at least 4 members (excludes halogenated alkanes) is 1. The summed E-state index contributed by atoms with van der Waals surface area (Å²) in [4.78, 5) is 12.8. The first kappa shape index (κ1) is 19.4. The van der Waals surface area contributed by atoms with Gasteiger partial charge in [-0.15, -0.1) is 11.6 Å². The van der Waals surface area contributed by atoms with Crippen LogP contribution in [0, 0.1) is 6.92 Å². The fourth-order valence-electron chi connectivity index (χ4n) is 3.80. The van der Waals surface area contributed by atoms with Gasteiger partial charge in [0, 0.05) is 34.6 Å². The molecule has 0 radical (unpaired) electrons. The minimum Gasteiger partial charge on any atom is -0.507 e. The Kier molecular flexibility index (Phi) is 5.24. The Morgan fingerprint density at radius 2 is 2.07 bits per heavy atom. The molecule has 0 saturated carbocycles. The van der Waals surface area contributed by atoms with Crippen LogP contribution in [0.4, 0.5) is 0 Å². The molecule has 2 aromatic carbocycles. The van der Waals surface area contributed by atoms with Crippen molar-refractivity contribution in [1.29, 1.82) is 0 Å². The lowest BCUT2D eigenvalue weighted by molar-refractivity contribution is 0.101. The van der Waals surface area contributed by atoms with Gasteiger partial charge in [-0.05, 0) is 56.2 Å². The highest BCUT2D eigenvalue weighted by Gasteiger charge is 2.31. The van der Waals surface area contributed by atoms with Crippen LogP contribution in [0.1, 0.15) is 34.5 Å². The molecule has 29 heavy (non-hydrogen) atoms. The van der Waals surface area contributed by atoms with E-state index in [9.17, 15) is 9.90 Å². The lowest BCUT2D eigenvalue weighted by Gasteiger charge is -2.08. The molecule has 3 aromatic rings. The summed E-state index contributed by atoms with van der Waals surface area (Å²) in [7, 11) is 1.63. The Hall–Kier alpha value is -2.92. The monoisotopic (exact) mass is 411 g/mol. The number of hydrogen-bond donors (Lipinski definition) is 1. The molecule has 0 fully saturated rings. The molecule has 1 N–H and O–H groups in total. The van der Waals surface area contributed by atoms with Gasteiger partial charge >= 0.3 is 0 Å². The molecule has 0 spiro atoms. The van der Waals surface area contributed by atoms with Crippen molar-refractivity contribution in [2.75, 3.05) is 13.0 Å². The van der Waals surface area contributed by atoms with Crippen LogP contribution < -0.4 is 9.47 Å². The van der Waals surface area contributed by atoms with Crippen LogP contribution in [0.25, 0.3) is 17.0 Å². The number of phenolic OH excluding ortho intramolecular Hbond substituents is 1. The van der Waals surface area contributed by atoms with Gasteiger partial charge in [-0.1, -0.05) is 6.07 Å². The number of Topliss-reactive ketones (excluding diaryl/α,β-unsaturated/α-hetero) is 1. The van der Waals surface area contributed by atoms with Crippen molar-refractivity contribution in [3.8, 4) is 17.2 Å². The van der Waals surface area contributed by atoms with Gasteiger partial charge < -0.3 is 19.1 Å². The largest absolute Gasteiger partial charge is 0.507 e. The van der Waals surface area contributed by atoms with E-state index in [2.05, 4.69) is 4.57 Å². The molecular formula is C23H22ClNO4. The number of ether oxygens (including phenoxy) is 2. The van der Waals surface area contributed by atoms with Crippen molar-refractivity contribution in [1.82, 2.24) is 4.57 Å². The zero-order valence-corrected chi connectivity index (χ0v) is 17.1. The molecule has 1 aliphatic heterocycles. The maximum absolute atomic E-state index is 12.8. The summed E-state index contributed by atoms with van der Waals surface area (Å²) in [5.74, 6) is 1.57. The first-order chi connectivity index (χ1) is 14.0. The Morgan fingerprint density at radius 3 is 2.79 bits per heavy atom. The maximum atomic E-state index is 12.8. The SMILES string of the molecule is COc1ccc2c(c1)c(/C=C1\Oc3cccc(O)c3C1=O)c(C)n2CCCCCl. The van der Waals surface area contributed by atoms with Crippen LogP contribution >= 0.6 is 11.6 Å².